The third-order valence-corrected chi connectivity index (χ3v) is 3.80. The Hall–Kier alpha value is -1.64. The Labute approximate surface area is 118 Å². The number of hydrogen-bond donors (Lipinski definition) is 1. The third-order valence-electron chi connectivity index (χ3n) is 2.70. The number of anilines is 1. The smallest absolute Gasteiger partial charge is 0.333 e. The monoisotopic (exact) mass is 304 g/mol. The van der Waals surface area contributed by atoms with Crippen molar-refractivity contribution < 1.29 is 13.3 Å². The van der Waals surface area contributed by atoms with Gasteiger partial charge in [-0.05, 0) is 13.3 Å². The molecule has 9 heteroatoms. The Morgan fingerprint density at radius 1 is 1.50 bits per heavy atom. The van der Waals surface area contributed by atoms with Gasteiger partial charge in [-0.1, -0.05) is 13.3 Å². The van der Waals surface area contributed by atoms with Crippen molar-refractivity contribution in [3.63, 3.8) is 0 Å². The summed E-state index contributed by atoms with van der Waals surface area (Å²) < 4.78 is 23.9. The Bertz CT molecular complexity index is 594. The summed E-state index contributed by atoms with van der Waals surface area (Å²) in [5, 5.41) is 18.2. The molecule has 0 saturated carbocycles. The fourth-order valence-electron chi connectivity index (χ4n) is 2.06. The lowest BCUT2D eigenvalue weighted by Crippen LogP contribution is -2.26. The van der Waals surface area contributed by atoms with E-state index in [1.54, 1.807) is 14.0 Å². The zero-order valence-electron chi connectivity index (χ0n) is 12.1. The molecule has 0 aliphatic rings. The Balaban J connectivity index is 3.08. The Morgan fingerprint density at radius 3 is 2.55 bits per heavy atom. The lowest BCUT2D eigenvalue weighted by atomic mass is 10.2. The first-order valence-corrected chi connectivity index (χ1v) is 8.36. The van der Waals surface area contributed by atoms with Crippen molar-refractivity contribution in [3.05, 3.63) is 15.8 Å². The van der Waals surface area contributed by atoms with E-state index in [0.717, 1.165) is 12.7 Å². The van der Waals surface area contributed by atoms with Gasteiger partial charge in [-0.25, -0.2) is 13.1 Å². The van der Waals surface area contributed by atoms with Crippen LogP contribution in [0.1, 0.15) is 26.0 Å². The van der Waals surface area contributed by atoms with E-state index < -0.39 is 20.8 Å². The van der Waals surface area contributed by atoms with Crippen molar-refractivity contribution in [3.8, 4) is 0 Å². The largest absolute Gasteiger partial charge is 0.361 e. The molecule has 0 aromatic carbocycles. The first-order chi connectivity index (χ1) is 9.15. The van der Waals surface area contributed by atoms with Crippen LogP contribution in [0.15, 0.2) is 0 Å². The average Bonchev–Trinajstić information content (AvgIpc) is 2.53. The summed E-state index contributed by atoms with van der Waals surface area (Å²) >= 11 is 0. The highest BCUT2D eigenvalue weighted by Crippen LogP contribution is 2.29. The van der Waals surface area contributed by atoms with Crippen molar-refractivity contribution in [2.24, 2.45) is 7.05 Å². The molecule has 0 aliphatic heterocycles. The van der Waals surface area contributed by atoms with Gasteiger partial charge >= 0.3 is 5.69 Å². The quantitative estimate of drug-likeness (QED) is 0.597. The van der Waals surface area contributed by atoms with E-state index in [0.29, 0.717) is 12.1 Å². The minimum absolute atomic E-state index is 0.0744. The minimum atomic E-state index is -3.15. The number of nitro groups is 1. The van der Waals surface area contributed by atoms with Crippen LogP contribution in [-0.4, -0.2) is 41.2 Å². The van der Waals surface area contributed by atoms with E-state index in [2.05, 4.69) is 10.4 Å². The van der Waals surface area contributed by atoms with E-state index >= 15 is 0 Å². The molecule has 20 heavy (non-hydrogen) atoms. The second-order valence-corrected chi connectivity index (χ2v) is 7.10. The van der Waals surface area contributed by atoms with Gasteiger partial charge in [0, 0.05) is 19.3 Å². The van der Waals surface area contributed by atoms with Gasteiger partial charge in [-0.2, -0.15) is 5.10 Å². The van der Waals surface area contributed by atoms with Crippen LogP contribution in [0, 0.1) is 10.1 Å². The molecule has 0 radical (unpaired) electrons. The fourth-order valence-corrected chi connectivity index (χ4v) is 3.05. The van der Waals surface area contributed by atoms with Gasteiger partial charge in [0.2, 0.25) is 5.82 Å². The number of rotatable bonds is 7. The maximum absolute atomic E-state index is 11.2. The lowest BCUT2D eigenvalue weighted by molar-refractivity contribution is -0.384. The zero-order chi connectivity index (χ0) is 15.5. The number of aryl methyl sites for hydroxylation is 2. The molecule has 1 heterocycles. The SMILES string of the molecule is CCCc1nn(C)c(NC(C)CS(C)(=O)=O)c1[N+](=O)[O-]. The zero-order valence-corrected chi connectivity index (χ0v) is 12.9. The molecular weight excluding hydrogens is 284 g/mol. The summed E-state index contributed by atoms with van der Waals surface area (Å²) in [6, 6.07) is -0.437. The summed E-state index contributed by atoms with van der Waals surface area (Å²) in [5.41, 5.74) is 0.337. The summed E-state index contributed by atoms with van der Waals surface area (Å²) in [6.07, 6.45) is 2.38. The van der Waals surface area contributed by atoms with Crippen molar-refractivity contribution in [1.29, 1.82) is 0 Å². The van der Waals surface area contributed by atoms with Crippen molar-refractivity contribution >= 4 is 21.3 Å². The Kier molecular flexibility index (Phi) is 5.09. The molecule has 1 aromatic rings. The van der Waals surface area contributed by atoms with E-state index in [1.807, 2.05) is 6.92 Å². The van der Waals surface area contributed by atoms with E-state index in [-0.39, 0.29) is 17.3 Å². The number of sulfone groups is 1. The maximum Gasteiger partial charge on any atom is 0.333 e. The maximum atomic E-state index is 11.2. The predicted octanol–water partition coefficient (Wildman–Crippen LogP) is 1.13. The lowest BCUT2D eigenvalue weighted by Gasteiger charge is -2.13. The van der Waals surface area contributed by atoms with Crippen LogP contribution >= 0.6 is 0 Å². The third kappa shape index (κ3) is 4.19. The van der Waals surface area contributed by atoms with Crippen LogP contribution in [0.2, 0.25) is 0 Å². The summed E-state index contributed by atoms with van der Waals surface area (Å²) in [6.45, 7) is 3.58. The standard InChI is InChI=1S/C11H20N4O4S/c1-5-6-9-10(15(16)17)11(14(3)13-9)12-8(2)7-20(4,18)19/h8,12H,5-7H2,1-4H3. The van der Waals surface area contributed by atoms with Crippen LogP contribution in [0.3, 0.4) is 0 Å². The number of nitrogens with one attached hydrogen (secondary N) is 1. The Morgan fingerprint density at radius 2 is 2.10 bits per heavy atom. The summed E-state index contributed by atoms with van der Waals surface area (Å²) in [5.74, 6) is 0.146. The van der Waals surface area contributed by atoms with E-state index in [9.17, 15) is 18.5 Å². The fraction of sp³-hybridized carbons (Fsp3) is 0.727. The average molecular weight is 304 g/mol. The molecule has 0 spiro atoms. The molecule has 8 nitrogen and oxygen atoms in total. The highest BCUT2D eigenvalue weighted by Gasteiger charge is 2.27. The molecule has 1 N–H and O–H groups in total. The number of hydrogen-bond acceptors (Lipinski definition) is 6. The molecule has 0 amide bonds. The molecule has 1 unspecified atom stereocenters. The first kappa shape index (κ1) is 16.4. The van der Waals surface area contributed by atoms with Crippen molar-refractivity contribution in [2.45, 2.75) is 32.7 Å². The van der Waals surface area contributed by atoms with Gasteiger partial charge in [-0.3, -0.25) is 10.1 Å². The van der Waals surface area contributed by atoms with E-state index in [1.165, 1.54) is 4.68 Å². The molecule has 1 atom stereocenters. The van der Waals surface area contributed by atoms with Gasteiger partial charge in [0.15, 0.2) is 0 Å². The number of nitrogens with zero attached hydrogens (tertiary/aromatic N) is 3. The number of aromatic nitrogens is 2. The second kappa shape index (κ2) is 6.21. The highest BCUT2D eigenvalue weighted by atomic mass is 32.2. The van der Waals surface area contributed by atoms with Gasteiger partial charge in [0.1, 0.15) is 15.5 Å². The molecule has 1 rings (SSSR count). The van der Waals surface area contributed by atoms with Gasteiger partial charge in [0.25, 0.3) is 0 Å². The van der Waals surface area contributed by atoms with Crippen molar-refractivity contribution in [1.82, 2.24) is 9.78 Å². The van der Waals surface area contributed by atoms with Gasteiger partial charge in [-0.15, -0.1) is 0 Å². The van der Waals surface area contributed by atoms with Crippen LogP contribution in [0.25, 0.3) is 0 Å². The molecule has 0 aliphatic carbocycles. The second-order valence-electron chi connectivity index (χ2n) is 4.91. The van der Waals surface area contributed by atoms with E-state index in [4.69, 9.17) is 0 Å². The normalized spacial score (nSPS) is 13.2. The van der Waals surface area contributed by atoms with Crippen LogP contribution < -0.4 is 5.32 Å². The summed E-state index contributed by atoms with van der Waals surface area (Å²) in [7, 11) is -1.56. The molecule has 0 fully saturated rings. The van der Waals surface area contributed by atoms with Crippen LogP contribution in [0.4, 0.5) is 11.5 Å². The molecule has 1 aromatic heterocycles. The molecule has 0 bridgehead atoms. The molecular formula is C11H20N4O4S. The first-order valence-electron chi connectivity index (χ1n) is 6.30. The minimum Gasteiger partial charge on any atom is -0.361 e. The van der Waals surface area contributed by atoms with Crippen LogP contribution in [-0.2, 0) is 23.3 Å². The van der Waals surface area contributed by atoms with Crippen molar-refractivity contribution in [2.75, 3.05) is 17.3 Å². The summed E-state index contributed by atoms with van der Waals surface area (Å²) in [4.78, 5) is 10.7. The topological polar surface area (TPSA) is 107 Å². The molecule has 0 saturated heterocycles. The molecule has 114 valence electrons. The van der Waals surface area contributed by atoms with Gasteiger partial charge < -0.3 is 5.32 Å². The highest BCUT2D eigenvalue weighted by molar-refractivity contribution is 7.90. The van der Waals surface area contributed by atoms with Gasteiger partial charge in [0.05, 0.1) is 10.7 Å². The van der Waals surface area contributed by atoms with Crippen LogP contribution in [0.5, 0.6) is 0 Å². The predicted molar refractivity (Wildman–Crippen MR) is 76.7 cm³/mol.